The van der Waals surface area contributed by atoms with Crippen LogP contribution in [-0.4, -0.2) is 61.0 Å². The van der Waals surface area contributed by atoms with Crippen molar-refractivity contribution in [1.29, 1.82) is 0 Å². The van der Waals surface area contributed by atoms with E-state index in [1.807, 2.05) is 109 Å². The van der Waals surface area contributed by atoms with Gasteiger partial charge in [0.25, 0.3) is 0 Å². The van der Waals surface area contributed by atoms with E-state index < -0.39 is 10.2 Å². The van der Waals surface area contributed by atoms with E-state index in [1.54, 1.807) is 0 Å². The predicted molar refractivity (Wildman–Crippen MR) is 221 cm³/mol. The van der Waals surface area contributed by atoms with E-state index in [1.165, 1.54) is 0 Å². The van der Waals surface area contributed by atoms with E-state index in [4.69, 9.17) is 30.6 Å². The molecule has 10 rings (SSSR count). The number of hydrogen-bond donors (Lipinski definition) is 4. The van der Waals surface area contributed by atoms with Gasteiger partial charge in [-0.05, 0) is 60.7 Å². The minimum Gasteiger partial charge on any atom is -0.412 e. The van der Waals surface area contributed by atoms with Gasteiger partial charge in [-0.25, -0.2) is 19.9 Å². The van der Waals surface area contributed by atoms with Gasteiger partial charge in [0.05, 0.1) is 54.3 Å². The third-order valence-corrected chi connectivity index (χ3v) is 8.38. The zero-order valence-corrected chi connectivity index (χ0v) is 34.7. The summed E-state index contributed by atoms with van der Waals surface area (Å²) in [7, 11) is 0. The fourth-order valence-electron chi connectivity index (χ4n) is 5.99. The number of benzene rings is 6. The summed E-state index contributed by atoms with van der Waals surface area (Å²) < 4.78 is 0. The second kappa shape index (κ2) is 20.0. The van der Waals surface area contributed by atoms with E-state index in [9.17, 15) is 0 Å². The topological polar surface area (TPSA) is 310 Å². The zero-order valence-electron chi connectivity index (χ0n) is 30.7. The Balaban J connectivity index is 0.000000212. The first-order valence-electron chi connectivity index (χ1n) is 16.8. The van der Waals surface area contributed by atoms with Crippen molar-refractivity contribution in [3.05, 3.63) is 176 Å². The number of aromatic amines is 4. The number of fused-ring (bicyclic) bond motifs is 4. The summed E-state index contributed by atoms with van der Waals surface area (Å²) in [5, 5.41) is 29.5. The SMILES string of the molecule is O.O.O=[N+]([O-])[O-].O=[N+]([O-])[O-].[Cd+2].c1cc(-c2nc3ccccc3[nH]2)cc(-c2nc3ccccc3[nH]2)c1.c1cc(-c2nc3ccccc3[nH]2)cc(-c2nc3ccccc3[nH]2)c1. The van der Waals surface area contributed by atoms with Crippen LogP contribution in [0.1, 0.15) is 0 Å². The Hall–Kier alpha value is -7.56. The van der Waals surface area contributed by atoms with Gasteiger partial charge < -0.3 is 61.5 Å². The number of para-hydroxylation sites is 8. The molecule has 0 saturated carbocycles. The summed E-state index contributed by atoms with van der Waals surface area (Å²) in [6, 6.07) is 48.7. The zero-order chi connectivity index (χ0) is 39.0. The van der Waals surface area contributed by atoms with Crippen LogP contribution < -0.4 is 0 Å². The van der Waals surface area contributed by atoms with Crippen LogP contribution in [0, 0.1) is 30.6 Å². The van der Waals surface area contributed by atoms with Crippen LogP contribution in [0.25, 0.3) is 89.7 Å². The second-order valence-electron chi connectivity index (χ2n) is 12.0. The standard InChI is InChI=1S/2C20H14N4.Cd.2NO3.2H2O/c2*1-2-9-16-15(8-1)21-19(22-16)13-6-5-7-14(12-13)20-23-17-10-3-4-11-18(17)24-20;;2*2-1(3)4;;/h2*1-12H,(H,21,22)(H,23,24);;;;2*1H2/q;;+2;2*-1;;. The molecule has 0 saturated heterocycles. The maximum atomic E-state index is 8.25. The van der Waals surface area contributed by atoms with Crippen LogP contribution >= 0.6 is 0 Å². The minimum absolute atomic E-state index is 0. The van der Waals surface area contributed by atoms with Crippen molar-refractivity contribution in [3.8, 4) is 45.6 Å². The third kappa shape index (κ3) is 10.9. The van der Waals surface area contributed by atoms with Crippen LogP contribution in [-0.2, 0) is 27.3 Å². The molecule has 0 amide bonds. The normalized spacial score (nSPS) is 10.0. The van der Waals surface area contributed by atoms with Crippen molar-refractivity contribution in [2.24, 2.45) is 0 Å². The number of rotatable bonds is 4. The molecule has 59 heavy (non-hydrogen) atoms. The van der Waals surface area contributed by atoms with E-state index >= 15 is 0 Å². The molecule has 0 atom stereocenters. The van der Waals surface area contributed by atoms with Gasteiger partial charge in [0, 0.05) is 22.3 Å². The van der Waals surface area contributed by atoms with Crippen molar-refractivity contribution < 1.29 is 48.4 Å². The molecule has 4 heterocycles. The third-order valence-electron chi connectivity index (χ3n) is 8.38. The molecular weight excluding hydrogens is 861 g/mol. The molecule has 10 aromatic rings. The Morgan fingerprint density at radius 2 is 0.559 bits per heavy atom. The Morgan fingerprint density at radius 1 is 0.356 bits per heavy atom. The molecule has 0 fully saturated rings. The fraction of sp³-hybridized carbons (Fsp3) is 0. The van der Waals surface area contributed by atoms with Crippen molar-refractivity contribution in [1.82, 2.24) is 39.9 Å². The maximum Gasteiger partial charge on any atom is 2.00 e. The molecule has 0 aliphatic rings. The Labute approximate surface area is 352 Å². The Kier molecular flexibility index (Phi) is 15.0. The quantitative estimate of drug-likeness (QED) is 0.0769. The molecule has 292 valence electrons. The van der Waals surface area contributed by atoms with Gasteiger partial charge in [-0.2, -0.15) is 0 Å². The molecule has 0 aliphatic heterocycles. The number of aromatic nitrogens is 8. The van der Waals surface area contributed by atoms with Gasteiger partial charge >= 0.3 is 27.3 Å². The predicted octanol–water partition coefficient (Wildman–Crippen LogP) is 7.42. The first kappa shape index (κ1) is 44.2. The first-order chi connectivity index (χ1) is 27.2. The summed E-state index contributed by atoms with van der Waals surface area (Å²) in [6.45, 7) is 0. The molecule has 19 heteroatoms. The first-order valence-corrected chi connectivity index (χ1v) is 16.8. The molecule has 0 aliphatic carbocycles. The van der Waals surface area contributed by atoms with E-state index in [0.717, 1.165) is 89.7 Å². The second-order valence-corrected chi connectivity index (χ2v) is 12.0. The molecule has 8 N–H and O–H groups in total. The average molecular weight is 893 g/mol. The number of nitrogens with zero attached hydrogens (tertiary/aromatic N) is 6. The Bertz CT molecular complexity index is 2440. The number of H-pyrrole nitrogens is 4. The monoisotopic (exact) mass is 894 g/mol. The van der Waals surface area contributed by atoms with Gasteiger partial charge in [-0.1, -0.05) is 84.9 Å². The molecule has 0 bridgehead atoms. The van der Waals surface area contributed by atoms with Crippen LogP contribution in [0.2, 0.25) is 0 Å². The van der Waals surface area contributed by atoms with Crippen LogP contribution in [0.4, 0.5) is 0 Å². The summed E-state index contributed by atoms with van der Waals surface area (Å²) in [5.74, 6) is 3.48. The molecule has 0 unspecified atom stereocenters. The number of nitrogens with one attached hydrogen (secondary N) is 4. The van der Waals surface area contributed by atoms with Crippen molar-refractivity contribution in [3.63, 3.8) is 0 Å². The number of imidazole rings is 4. The molecule has 0 radical (unpaired) electrons. The van der Waals surface area contributed by atoms with Crippen molar-refractivity contribution >= 4 is 44.1 Å². The van der Waals surface area contributed by atoms with Crippen LogP contribution in [0.3, 0.4) is 0 Å². The fourth-order valence-corrected chi connectivity index (χ4v) is 5.99. The van der Waals surface area contributed by atoms with Crippen LogP contribution in [0.15, 0.2) is 146 Å². The van der Waals surface area contributed by atoms with Gasteiger partial charge in [-0.15, -0.1) is 0 Å². The van der Waals surface area contributed by atoms with Gasteiger partial charge in [0.1, 0.15) is 23.3 Å². The summed E-state index contributed by atoms with van der Waals surface area (Å²) in [5.41, 5.74) is 12.2. The van der Waals surface area contributed by atoms with Gasteiger partial charge in [0.15, 0.2) is 0 Å². The average Bonchev–Trinajstić information content (AvgIpc) is 4.02. The largest absolute Gasteiger partial charge is 2.00 e. The molecule has 6 aromatic carbocycles. The smallest absolute Gasteiger partial charge is 0.412 e. The Morgan fingerprint density at radius 3 is 0.763 bits per heavy atom. The van der Waals surface area contributed by atoms with Crippen LogP contribution in [0.5, 0.6) is 0 Å². The molecular formula is C40H32CdN10O8. The van der Waals surface area contributed by atoms with Gasteiger partial charge in [-0.3, -0.25) is 0 Å². The summed E-state index contributed by atoms with van der Waals surface area (Å²) >= 11 is 0. The van der Waals surface area contributed by atoms with Gasteiger partial charge in [0.2, 0.25) is 0 Å². The summed E-state index contributed by atoms with van der Waals surface area (Å²) in [6.07, 6.45) is 0. The van der Waals surface area contributed by atoms with E-state index in [2.05, 4.69) is 76.3 Å². The molecule has 0 spiro atoms. The number of hydrogen-bond acceptors (Lipinski definition) is 10. The summed E-state index contributed by atoms with van der Waals surface area (Å²) in [4.78, 5) is 48.7. The maximum absolute atomic E-state index is 8.25. The minimum atomic E-state index is -1.75. The van der Waals surface area contributed by atoms with E-state index in [0.29, 0.717) is 0 Å². The van der Waals surface area contributed by atoms with Crippen molar-refractivity contribution in [2.45, 2.75) is 0 Å². The van der Waals surface area contributed by atoms with E-state index in [-0.39, 0.29) is 38.3 Å². The van der Waals surface area contributed by atoms with Crippen molar-refractivity contribution in [2.75, 3.05) is 0 Å². The molecule has 4 aromatic heterocycles. The molecule has 18 nitrogen and oxygen atoms in total.